The van der Waals surface area contributed by atoms with E-state index in [1.807, 2.05) is 31.2 Å². The molecule has 0 aromatic heterocycles. The first-order valence-electron chi connectivity index (χ1n) is 13.2. The number of hydrogen-bond acceptors (Lipinski definition) is 3. The van der Waals surface area contributed by atoms with Crippen molar-refractivity contribution in [2.75, 3.05) is 13.1 Å². The summed E-state index contributed by atoms with van der Waals surface area (Å²) in [5, 5.41) is 12.0. The zero-order chi connectivity index (χ0) is 29.4. The lowest BCUT2D eigenvalue weighted by atomic mass is 9.94. The average molecular weight is 557 g/mol. The number of amides is 2. The summed E-state index contributed by atoms with van der Waals surface area (Å²) < 4.78 is 27.2. The first kappa shape index (κ1) is 29.1. The molecule has 8 heteroatoms. The molecule has 6 nitrogen and oxygen atoms in total. The van der Waals surface area contributed by atoms with Crippen LogP contribution in [-0.4, -0.2) is 40.9 Å². The van der Waals surface area contributed by atoms with Crippen molar-refractivity contribution >= 4 is 17.8 Å². The van der Waals surface area contributed by atoms with Gasteiger partial charge in [0, 0.05) is 36.8 Å². The first-order valence-corrected chi connectivity index (χ1v) is 13.2. The van der Waals surface area contributed by atoms with Crippen molar-refractivity contribution < 1.29 is 28.3 Å². The van der Waals surface area contributed by atoms with Crippen LogP contribution in [0.3, 0.4) is 0 Å². The van der Waals surface area contributed by atoms with Crippen LogP contribution in [0, 0.1) is 18.6 Å². The molecule has 210 valence electrons. The Morgan fingerprint density at radius 1 is 0.780 bits per heavy atom. The van der Waals surface area contributed by atoms with E-state index in [-0.39, 0.29) is 36.5 Å². The van der Waals surface area contributed by atoms with Crippen LogP contribution in [0.25, 0.3) is 11.1 Å². The third kappa shape index (κ3) is 7.63. The van der Waals surface area contributed by atoms with Crippen molar-refractivity contribution in [3.05, 3.63) is 130 Å². The van der Waals surface area contributed by atoms with Crippen LogP contribution in [0.1, 0.15) is 43.8 Å². The number of carboxylic acid groups (broad SMARTS) is 1. The third-order valence-corrected chi connectivity index (χ3v) is 6.79. The molecule has 2 amide bonds. The normalized spacial score (nSPS) is 10.7. The largest absolute Gasteiger partial charge is 0.481 e. The Morgan fingerprint density at radius 3 is 2.02 bits per heavy atom. The highest BCUT2D eigenvalue weighted by atomic mass is 19.1. The summed E-state index contributed by atoms with van der Waals surface area (Å²) in [6, 6.07) is 24.5. The van der Waals surface area contributed by atoms with Crippen molar-refractivity contribution in [2.24, 2.45) is 0 Å². The standard InChI is InChI=1S/C33H30F2N2O4/c1-22-8-2-3-9-24(22)14-16-37(17-15-31(38)39)33(41)30-13-7-5-11-28(30)27-10-4-6-12-29(27)32(40)36-21-23-18-25(34)20-26(35)19-23/h2-13,18-20H,14-17,21H2,1H3,(H,36,40)(H,38,39). The quantitative estimate of drug-likeness (QED) is 0.236. The Hall–Kier alpha value is -4.85. The molecule has 0 saturated heterocycles. The molecule has 0 radical (unpaired) electrons. The second kappa shape index (κ2) is 13.5. The molecule has 0 fully saturated rings. The number of nitrogens with one attached hydrogen (secondary N) is 1. The minimum Gasteiger partial charge on any atom is -0.481 e. The molecule has 0 bridgehead atoms. The monoisotopic (exact) mass is 556 g/mol. The van der Waals surface area contributed by atoms with Gasteiger partial charge in [-0.3, -0.25) is 14.4 Å². The number of rotatable bonds is 11. The Morgan fingerprint density at radius 2 is 1.37 bits per heavy atom. The Kier molecular flexibility index (Phi) is 9.58. The summed E-state index contributed by atoms with van der Waals surface area (Å²) in [6.07, 6.45) is 0.348. The molecule has 0 saturated carbocycles. The van der Waals surface area contributed by atoms with Crippen molar-refractivity contribution in [3.8, 4) is 11.1 Å². The predicted octanol–water partition coefficient (Wildman–Crippen LogP) is 6.03. The highest BCUT2D eigenvalue weighted by Gasteiger charge is 2.23. The van der Waals surface area contributed by atoms with E-state index in [0.717, 1.165) is 29.3 Å². The molecule has 0 aliphatic heterocycles. The van der Waals surface area contributed by atoms with Crippen LogP contribution in [-0.2, 0) is 17.8 Å². The summed E-state index contributed by atoms with van der Waals surface area (Å²) >= 11 is 0. The molecular weight excluding hydrogens is 526 g/mol. The summed E-state index contributed by atoms with van der Waals surface area (Å²) in [6.45, 7) is 2.24. The SMILES string of the molecule is Cc1ccccc1CCN(CCC(=O)O)C(=O)c1ccccc1-c1ccccc1C(=O)NCc1cc(F)cc(F)c1. The van der Waals surface area contributed by atoms with Crippen LogP contribution in [0.4, 0.5) is 8.78 Å². The molecule has 4 rings (SSSR count). The maximum absolute atomic E-state index is 13.9. The zero-order valence-electron chi connectivity index (χ0n) is 22.6. The minimum absolute atomic E-state index is 0.0285. The van der Waals surface area contributed by atoms with Gasteiger partial charge in [-0.1, -0.05) is 60.7 Å². The van der Waals surface area contributed by atoms with E-state index in [1.165, 1.54) is 4.90 Å². The molecule has 0 aliphatic carbocycles. The van der Waals surface area contributed by atoms with Gasteiger partial charge in [-0.2, -0.15) is 0 Å². The summed E-state index contributed by atoms with van der Waals surface area (Å²) in [5.41, 5.74) is 4.03. The molecule has 0 atom stereocenters. The number of benzene rings is 4. The topological polar surface area (TPSA) is 86.7 Å². The molecule has 4 aromatic carbocycles. The van der Waals surface area contributed by atoms with Crippen molar-refractivity contribution in [1.82, 2.24) is 10.2 Å². The van der Waals surface area contributed by atoms with E-state index in [4.69, 9.17) is 0 Å². The number of aryl methyl sites for hydroxylation is 1. The summed E-state index contributed by atoms with van der Waals surface area (Å²) in [5.74, 6) is -3.31. The van der Waals surface area contributed by atoms with Gasteiger partial charge in [-0.15, -0.1) is 0 Å². The third-order valence-electron chi connectivity index (χ3n) is 6.79. The van der Waals surface area contributed by atoms with E-state index >= 15 is 0 Å². The number of nitrogens with zero attached hydrogens (tertiary/aromatic N) is 1. The number of hydrogen-bond donors (Lipinski definition) is 2. The Labute approximate surface area is 237 Å². The fourth-order valence-corrected chi connectivity index (χ4v) is 4.67. The van der Waals surface area contributed by atoms with Crippen LogP contribution in [0.5, 0.6) is 0 Å². The first-order chi connectivity index (χ1) is 19.7. The minimum atomic E-state index is -1.01. The molecule has 0 heterocycles. The van der Waals surface area contributed by atoms with Gasteiger partial charge in [-0.05, 0) is 65.4 Å². The molecule has 2 N–H and O–H groups in total. The van der Waals surface area contributed by atoms with Gasteiger partial charge in [-0.25, -0.2) is 8.78 Å². The maximum Gasteiger partial charge on any atom is 0.305 e. The summed E-state index contributed by atoms with van der Waals surface area (Å²) in [4.78, 5) is 40.0. The van der Waals surface area contributed by atoms with Crippen LogP contribution in [0.15, 0.2) is 91.0 Å². The van der Waals surface area contributed by atoms with Crippen molar-refractivity contribution in [1.29, 1.82) is 0 Å². The average Bonchev–Trinajstić information content (AvgIpc) is 2.96. The highest BCUT2D eigenvalue weighted by molar-refractivity contribution is 6.06. The number of carbonyl (C=O) groups excluding carboxylic acids is 2. The smallest absolute Gasteiger partial charge is 0.305 e. The maximum atomic E-state index is 13.9. The molecule has 4 aromatic rings. The van der Waals surface area contributed by atoms with Crippen molar-refractivity contribution in [2.45, 2.75) is 26.3 Å². The lowest BCUT2D eigenvalue weighted by Gasteiger charge is -2.24. The lowest BCUT2D eigenvalue weighted by molar-refractivity contribution is -0.137. The highest BCUT2D eigenvalue weighted by Crippen LogP contribution is 2.29. The number of carbonyl (C=O) groups is 3. The van der Waals surface area contributed by atoms with Gasteiger partial charge in [0.2, 0.25) is 0 Å². The molecule has 0 aliphatic rings. The van der Waals surface area contributed by atoms with Crippen molar-refractivity contribution in [3.63, 3.8) is 0 Å². The second-order valence-electron chi connectivity index (χ2n) is 9.66. The van der Waals surface area contributed by atoms with E-state index in [2.05, 4.69) is 5.32 Å². The van der Waals surface area contributed by atoms with Gasteiger partial charge in [0.25, 0.3) is 11.8 Å². The summed E-state index contributed by atoms with van der Waals surface area (Å²) in [7, 11) is 0. The molecule has 41 heavy (non-hydrogen) atoms. The van der Waals surface area contributed by atoms with E-state index in [1.54, 1.807) is 48.5 Å². The van der Waals surface area contributed by atoms with Crippen LogP contribution >= 0.6 is 0 Å². The van der Waals surface area contributed by atoms with E-state index in [9.17, 15) is 28.3 Å². The zero-order valence-corrected chi connectivity index (χ0v) is 22.6. The lowest BCUT2D eigenvalue weighted by Crippen LogP contribution is -2.35. The fraction of sp³-hybridized carbons (Fsp3) is 0.182. The number of carboxylic acids is 1. The van der Waals surface area contributed by atoms with Gasteiger partial charge in [0.1, 0.15) is 11.6 Å². The Balaban J connectivity index is 1.61. The molecule has 0 spiro atoms. The molecule has 0 unspecified atom stereocenters. The van der Waals surface area contributed by atoms with Crippen LogP contribution in [0.2, 0.25) is 0 Å². The fourth-order valence-electron chi connectivity index (χ4n) is 4.67. The van der Waals surface area contributed by atoms with E-state index in [0.29, 0.717) is 29.7 Å². The van der Waals surface area contributed by atoms with Gasteiger partial charge in [0.15, 0.2) is 0 Å². The van der Waals surface area contributed by atoms with Gasteiger partial charge >= 0.3 is 5.97 Å². The number of halogens is 2. The Bertz CT molecular complexity index is 1550. The van der Waals surface area contributed by atoms with E-state index < -0.39 is 23.5 Å². The molecular formula is C33H30F2N2O4. The van der Waals surface area contributed by atoms with Crippen LogP contribution < -0.4 is 5.32 Å². The van der Waals surface area contributed by atoms with Gasteiger partial charge in [0.05, 0.1) is 6.42 Å². The predicted molar refractivity (Wildman–Crippen MR) is 152 cm³/mol. The van der Waals surface area contributed by atoms with Gasteiger partial charge < -0.3 is 15.3 Å². The number of aliphatic carboxylic acids is 1. The second-order valence-corrected chi connectivity index (χ2v) is 9.66.